The normalized spacial score (nSPS) is 18.1. The molecule has 3 rings (SSSR count). The summed E-state index contributed by atoms with van der Waals surface area (Å²) < 4.78 is 5.11. The number of aliphatic hydroxyl groups is 1. The van der Waals surface area contributed by atoms with Gasteiger partial charge in [-0.15, -0.1) is 0 Å². The Balaban J connectivity index is 2.08. The molecule has 1 unspecified atom stereocenters. The van der Waals surface area contributed by atoms with Gasteiger partial charge in [0.1, 0.15) is 5.76 Å². The number of carbonyl (C=O) groups excluding carboxylic acids is 2. The zero-order valence-corrected chi connectivity index (χ0v) is 17.3. The highest BCUT2D eigenvalue weighted by Crippen LogP contribution is 2.41. The number of methoxy groups -OCH3 is 1. The van der Waals surface area contributed by atoms with Crippen LogP contribution in [0.3, 0.4) is 0 Å². The van der Waals surface area contributed by atoms with Gasteiger partial charge >= 0.3 is 0 Å². The zero-order valence-electron chi connectivity index (χ0n) is 17.3. The van der Waals surface area contributed by atoms with Gasteiger partial charge in [-0.1, -0.05) is 62.6 Å². The Morgan fingerprint density at radius 1 is 1.07 bits per heavy atom. The van der Waals surface area contributed by atoms with E-state index in [9.17, 15) is 19.8 Å². The molecule has 0 aromatic heterocycles. The van der Waals surface area contributed by atoms with Crippen LogP contribution >= 0.6 is 0 Å². The first-order valence-electron chi connectivity index (χ1n) is 10.2. The van der Waals surface area contributed by atoms with E-state index in [0.717, 1.165) is 25.7 Å². The number of benzene rings is 2. The van der Waals surface area contributed by atoms with Gasteiger partial charge in [-0.3, -0.25) is 9.59 Å². The third kappa shape index (κ3) is 4.17. The van der Waals surface area contributed by atoms with Crippen molar-refractivity contribution in [1.82, 2.24) is 4.90 Å². The second-order valence-corrected chi connectivity index (χ2v) is 7.35. The second-order valence-electron chi connectivity index (χ2n) is 7.35. The van der Waals surface area contributed by atoms with E-state index in [1.807, 2.05) is 6.07 Å². The fraction of sp³-hybridized carbons (Fsp3) is 0.333. The molecule has 0 radical (unpaired) electrons. The number of hydrogen-bond donors (Lipinski definition) is 2. The first kappa shape index (κ1) is 21.4. The Morgan fingerprint density at radius 3 is 2.43 bits per heavy atom. The maximum absolute atomic E-state index is 12.9. The molecule has 1 aliphatic rings. The van der Waals surface area contributed by atoms with Gasteiger partial charge in [0.2, 0.25) is 0 Å². The second kappa shape index (κ2) is 9.48. The van der Waals surface area contributed by atoms with Crippen LogP contribution in [-0.2, 0) is 9.59 Å². The number of rotatable bonds is 8. The summed E-state index contributed by atoms with van der Waals surface area (Å²) in [5.41, 5.74) is 1.04. The minimum Gasteiger partial charge on any atom is -0.507 e. The molecule has 158 valence electrons. The quantitative estimate of drug-likeness (QED) is 0.292. The molecular formula is C24H27NO5. The summed E-state index contributed by atoms with van der Waals surface area (Å²) in [4.78, 5) is 27.3. The van der Waals surface area contributed by atoms with Crippen molar-refractivity contribution in [3.63, 3.8) is 0 Å². The van der Waals surface area contributed by atoms with Crippen LogP contribution in [0.1, 0.15) is 49.8 Å². The van der Waals surface area contributed by atoms with Crippen molar-refractivity contribution >= 4 is 17.4 Å². The number of phenolic OH excluding ortho intramolecular Hbond substituents is 1. The Labute approximate surface area is 176 Å². The first-order chi connectivity index (χ1) is 14.5. The van der Waals surface area contributed by atoms with E-state index < -0.39 is 17.7 Å². The van der Waals surface area contributed by atoms with E-state index in [2.05, 4.69) is 6.92 Å². The van der Waals surface area contributed by atoms with Crippen molar-refractivity contribution in [2.45, 2.75) is 38.6 Å². The van der Waals surface area contributed by atoms with Crippen LogP contribution in [0.5, 0.6) is 11.5 Å². The lowest BCUT2D eigenvalue weighted by atomic mass is 9.95. The van der Waals surface area contributed by atoms with Crippen LogP contribution in [0, 0.1) is 0 Å². The van der Waals surface area contributed by atoms with Crippen molar-refractivity contribution < 1.29 is 24.5 Å². The number of Topliss-reactive ketones (excluding diaryl/α,β-unsaturated/α-hetero) is 1. The Morgan fingerprint density at radius 2 is 1.80 bits per heavy atom. The Hall–Kier alpha value is -3.28. The highest BCUT2D eigenvalue weighted by Gasteiger charge is 2.45. The van der Waals surface area contributed by atoms with Crippen molar-refractivity contribution in [2.75, 3.05) is 13.7 Å². The smallest absolute Gasteiger partial charge is 0.295 e. The average Bonchev–Trinajstić information content (AvgIpc) is 3.01. The molecule has 0 bridgehead atoms. The molecule has 1 heterocycles. The molecule has 0 aliphatic carbocycles. The third-order valence-corrected chi connectivity index (χ3v) is 5.36. The predicted molar refractivity (Wildman–Crippen MR) is 114 cm³/mol. The van der Waals surface area contributed by atoms with Crippen LogP contribution < -0.4 is 4.74 Å². The van der Waals surface area contributed by atoms with Crippen LogP contribution in [-0.4, -0.2) is 40.5 Å². The number of likely N-dealkylation sites (tertiary alicyclic amines) is 1. The molecule has 1 aliphatic heterocycles. The largest absolute Gasteiger partial charge is 0.507 e. The molecule has 6 nitrogen and oxygen atoms in total. The minimum absolute atomic E-state index is 0.0336. The number of amides is 1. The molecule has 2 aromatic rings. The van der Waals surface area contributed by atoms with Crippen LogP contribution in [0.25, 0.3) is 5.76 Å². The van der Waals surface area contributed by atoms with Crippen molar-refractivity contribution in [2.24, 2.45) is 0 Å². The number of phenols is 1. The highest BCUT2D eigenvalue weighted by atomic mass is 16.5. The van der Waals surface area contributed by atoms with Crippen molar-refractivity contribution in [1.29, 1.82) is 0 Å². The first-order valence-corrected chi connectivity index (χ1v) is 10.2. The monoisotopic (exact) mass is 409 g/mol. The summed E-state index contributed by atoms with van der Waals surface area (Å²) in [5, 5.41) is 21.2. The number of hydrogen-bond acceptors (Lipinski definition) is 5. The topological polar surface area (TPSA) is 87.1 Å². The van der Waals surface area contributed by atoms with Gasteiger partial charge in [-0.05, 0) is 24.1 Å². The molecular weight excluding hydrogens is 382 g/mol. The third-order valence-electron chi connectivity index (χ3n) is 5.36. The summed E-state index contributed by atoms with van der Waals surface area (Å²) in [5.74, 6) is -1.37. The summed E-state index contributed by atoms with van der Waals surface area (Å²) in [7, 11) is 1.45. The van der Waals surface area contributed by atoms with E-state index in [-0.39, 0.29) is 17.1 Å². The summed E-state index contributed by atoms with van der Waals surface area (Å²) in [6, 6.07) is 12.7. The minimum atomic E-state index is -0.774. The van der Waals surface area contributed by atoms with E-state index >= 15 is 0 Å². The predicted octanol–water partition coefficient (Wildman–Crippen LogP) is 4.40. The van der Waals surface area contributed by atoms with Crippen LogP contribution in [0.15, 0.2) is 54.1 Å². The van der Waals surface area contributed by atoms with Gasteiger partial charge in [-0.25, -0.2) is 0 Å². The molecule has 30 heavy (non-hydrogen) atoms. The number of ether oxygens (including phenoxy) is 1. The van der Waals surface area contributed by atoms with Gasteiger partial charge < -0.3 is 19.8 Å². The van der Waals surface area contributed by atoms with Gasteiger partial charge in [0.05, 0.1) is 18.7 Å². The maximum atomic E-state index is 12.9. The van der Waals surface area contributed by atoms with Crippen molar-refractivity contribution in [3.8, 4) is 11.5 Å². The van der Waals surface area contributed by atoms with E-state index in [1.165, 1.54) is 18.1 Å². The van der Waals surface area contributed by atoms with E-state index in [4.69, 9.17) is 4.74 Å². The number of carbonyl (C=O) groups is 2. The lowest BCUT2D eigenvalue weighted by Gasteiger charge is -2.25. The molecule has 1 atom stereocenters. The van der Waals surface area contributed by atoms with Crippen molar-refractivity contribution in [3.05, 3.63) is 65.2 Å². The molecule has 0 saturated carbocycles. The van der Waals surface area contributed by atoms with Crippen LogP contribution in [0.4, 0.5) is 0 Å². The molecule has 6 heteroatoms. The van der Waals surface area contributed by atoms with E-state index in [1.54, 1.807) is 36.4 Å². The summed E-state index contributed by atoms with van der Waals surface area (Å²) in [6.07, 6.45) is 3.80. The summed E-state index contributed by atoms with van der Waals surface area (Å²) >= 11 is 0. The zero-order chi connectivity index (χ0) is 21.7. The maximum Gasteiger partial charge on any atom is 0.295 e. The number of ketones is 1. The standard InChI is InChI=1S/C24H27NO5/c1-3-4-5-9-14-25-21(17-12-13-19(30-2)18(26)15-17)20(23(28)24(25)29)22(27)16-10-7-6-8-11-16/h6-8,10-13,15,21,26-27H,3-5,9,14H2,1-2H3. The molecule has 2 N–H and O–H groups in total. The molecule has 1 fully saturated rings. The SMILES string of the molecule is CCCCCCN1C(=O)C(=O)C(=C(O)c2ccccc2)C1c1ccc(OC)c(O)c1. The number of aromatic hydroxyl groups is 1. The number of unbranched alkanes of at least 4 members (excludes halogenated alkanes) is 3. The van der Waals surface area contributed by atoms with Gasteiger partial charge in [-0.2, -0.15) is 0 Å². The Bertz CT molecular complexity index is 951. The number of aliphatic hydroxyl groups excluding tert-OH is 1. The summed E-state index contributed by atoms with van der Waals surface area (Å²) in [6.45, 7) is 2.50. The fourth-order valence-corrected chi connectivity index (χ4v) is 3.79. The lowest BCUT2D eigenvalue weighted by Crippen LogP contribution is -2.30. The molecule has 1 saturated heterocycles. The molecule has 1 amide bonds. The molecule has 0 spiro atoms. The highest BCUT2D eigenvalue weighted by molar-refractivity contribution is 6.46. The van der Waals surface area contributed by atoms with Gasteiger partial charge in [0.25, 0.3) is 11.7 Å². The average molecular weight is 409 g/mol. The van der Waals surface area contributed by atoms with E-state index in [0.29, 0.717) is 23.4 Å². The van der Waals surface area contributed by atoms with Crippen LogP contribution in [0.2, 0.25) is 0 Å². The van der Waals surface area contributed by atoms with Gasteiger partial charge in [0, 0.05) is 12.1 Å². The Kier molecular flexibility index (Phi) is 6.77. The number of nitrogens with zero attached hydrogens (tertiary/aromatic N) is 1. The van der Waals surface area contributed by atoms with Gasteiger partial charge in [0.15, 0.2) is 11.5 Å². The fourth-order valence-electron chi connectivity index (χ4n) is 3.79. The molecule has 2 aromatic carbocycles. The lowest BCUT2D eigenvalue weighted by molar-refractivity contribution is -0.139.